The summed E-state index contributed by atoms with van der Waals surface area (Å²) < 4.78 is 0. The summed E-state index contributed by atoms with van der Waals surface area (Å²) >= 11 is 0. The lowest BCUT2D eigenvalue weighted by atomic mass is 9.92. The Morgan fingerprint density at radius 3 is 1.77 bits per heavy atom. The smallest absolute Gasteiger partial charge is 0.224 e. The van der Waals surface area contributed by atoms with Crippen LogP contribution in [0.5, 0.6) is 0 Å². The molecule has 3 atom stereocenters. The van der Waals surface area contributed by atoms with Crippen LogP contribution in [0.4, 0.5) is 0 Å². The van der Waals surface area contributed by atoms with Gasteiger partial charge in [0, 0.05) is 37.0 Å². The van der Waals surface area contributed by atoms with Gasteiger partial charge in [-0.25, -0.2) is 0 Å². The van der Waals surface area contributed by atoms with Crippen molar-refractivity contribution in [3.05, 3.63) is 102 Å². The van der Waals surface area contributed by atoms with Crippen LogP contribution in [0, 0.1) is 17.8 Å². The fourth-order valence-electron chi connectivity index (χ4n) is 7.61. The molecule has 210 valence electrons. The summed E-state index contributed by atoms with van der Waals surface area (Å²) in [6.07, 6.45) is 0.764. The van der Waals surface area contributed by atoms with Crippen molar-refractivity contribution in [1.82, 2.24) is 10.2 Å². The Kier molecular flexibility index (Phi) is 9.71. The number of nitrogens with one attached hydrogen (secondary N) is 1. The van der Waals surface area contributed by atoms with Gasteiger partial charge < -0.3 is 5.32 Å². The summed E-state index contributed by atoms with van der Waals surface area (Å²) in [6, 6.07) is 32.2. The number of hydrogen-bond acceptors (Lipinski definition) is 2. The van der Waals surface area contributed by atoms with Gasteiger partial charge in [0.05, 0.1) is 6.04 Å². The molecule has 0 aromatic heterocycles. The average molecular weight is 551 g/mol. The molecule has 1 fully saturated rings. The van der Waals surface area contributed by atoms with E-state index in [1.54, 1.807) is 0 Å². The van der Waals surface area contributed by atoms with Gasteiger partial charge in [-0.05, 0) is 22.2 Å². The van der Waals surface area contributed by atoms with E-state index in [0.29, 0.717) is 11.1 Å². The molecule has 0 unspecified atom stereocenters. The van der Waals surface area contributed by atoms with Crippen LogP contribution in [-0.4, -0.2) is 31.5 Å². The zero-order chi connectivity index (χ0) is 28.8. The van der Waals surface area contributed by atoms with E-state index in [-0.39, 0.29) is 22.9 Å². The first-order valence-corrected chi connectivity index (χ1v) is 17.0. The van der Waals surface area contributed by atoms with Gasteiger partial charge in [0.25, 0.3) is 0 Å². The highest BCUT2D eigenvalue weighted by Crippen LogP contribution is 2.59. The van der Waals surface area contributed by atoms with Gasteiger partial charge >= 0.3 is 0 Å². The topological polar surface area (TPSA) is 32.3 Å². The standard InChI is InChI=1S/C36H46N2OSi/c1-28(2)40(29(3)4,33-22-14-9-15-23-33)36(6)30(5)35(39)37-34(36)24-16-17-25-38(26-31-18-10-7-11-19-31)27-32-20-12-8-13-21-32/h7-15,18-23,28-30,34H,17,25-27H2,1-6H3,(H,37,39)/t30-,34-,36+/m0/s1. The first-order valence-electron chi connectivity index (χ1n) is 14.9. The van der Waals surface area contributed by atoms with Gasteiger partial charge in [0.2, 0.25) is 5.91 Å². The minimum atomic E-state index is -2.27. The predicted octanol–water partition coefficient (Wildman–Crippen LogP) is 7.15. The maximum Gasteiger partial charge on any atom is 0.224 e. The molecule has 40 heavy (non-hydrogen) atoms. The molecule has 0 spiro atoms. The maximum absolute atomic E-state index is 13.3. The van der Waals surface area contributed by atoms with Gasteiger partial charge in [-0.3, -0.25) is 9.69 Å². The van der Waals surface area contributed by atoms with E-state index < -0.39 is 8.07 Å². The van der Waals surface area contributed by atoms with Gasteiger partial charge in [0.1, 0.15) is 8.07 Å². The van der Waals surface area contributed by atoms with E-state index in [9.17, 15) is 4.79 Å². The molecule has 4 heteroatoms. The summed E-state index contributed by atoms with van der Waals surface area (Å²) in [5.41, 5.74) is 3.55. The fraction of sp³-hybridized carbons (Fsp3) is 0.417. The van der Waals surface area contributed by atoms with Crippen molar-refractivity contribution in [2.75, 3.05) is 6.54 Å². The highest BCUT2D eigenvalue weighted by Gasteiger charge is 2.65. The van der Waals surface area contributed by atoms with E-state index >= 15 is 0 Å². The predicted molar refractivity (Wildman–Crippen MR) is 171 cm³/mol. The first-order chi connectivity index (χ1) is 19.2. The zero-order valence-electron chi connectivity index (χ0n) is 25.2. The van der Waals surface area contributed by atoms with Crippen LogP contribution in [0.25, 0.3) is 0 Å². The van der Waals surface area contributed by atoms with Crippen molar-refractivity contribution >= 4 is 19.2 Å². The molecule has 1 N–H and O–H groups in total. The molecule has 1 saturated heterocycles. The normalized spacial score (nSPS) is 21.0. The van der Waals surface area contributed by atoms with Crippen molar-refractivity contribution in [3.63, 3.8) is 0 Å². The molecule has 1 heterocycles. The Labute approximate surface area is 243 Å². The van der Waals surface area contributed by atoms with Crippen LogP contribution in [-0.2, 0) is 17.9 Å². The molecule has 0 aliphatic carbocycles. The molecular weight excluding hydrogens is 504 g/mol. The lowest BCUT2D eigenvalue weighted by Gasteiger charge is -2.54. The van der Waals surface area contributed by atoms with Crippen LogP contribution in [0.1, 0.15) is 59.1 Å². The first kappa shape index (κ1) is 29.8. The molecule has 3 aromatic rings. The van der Waals surface area contributed by atoms with E-state index in [0.717, 1.165) is 26.1 Å². The van der Waals surface area contributed by atoms with Crippen LogP contribution in [0.3, 0.4) is 0 Å². The molecular formula is C36H46N2OSi. The Bertz CT molecular complexity index is 1250. The van der Waals surface area contributed by atoms with Gasteiger partial charge in [-0.2, -0.15) is 0 Å². The molecule has 0 bridgehead atoms. The number of carbonyl (C=O) groups is 1. The molecule has 3 aromatic carbocycles. The zero-order valence-corrected chi connectivity index (χ0v) is 26.2. The Balaban J connectivity index is 1.61. The molecule has 0 radical (unpaired) electrons. The number of benzene rings is 3. The SMILES string of the molecule is CC(C)[Si](c1ccccc1)(C(C)C)[C@@]1(C)[C@H](C#CCCN(Cc2ccccc2)Cc2ccccc2)NC(=O)[C@@H]1C. The number of amides is 1. The monoisotopic (exact) mass is 550 g/mol. The molecule has 1 amide bonds. The van der Waals surface area contributed by atoms with Gasteiger partial charge in [-0.1, -0.05) is 150 Å². The lowest BCUT2D eigenvalue weighted by molar-refractivity contribution is -0.122. The molecule has 4 rings (SSSR count). The Morgan fingerprint density at radius 1 is 0.825 bits per heavy atom. The van der Waals surface area contributed by atoms with Crippen LogP contribution in [0.2, 0.25) is 16.1 Å². The second-order valence-corrected chi connectivity index (χ2v) is 17.9. The van der Waals surface area contributed by atoms with Crippen molar-refractivity contribution in [3.8, 4) is 11.8 Å². The maximum atomic E-state index is 13.3. The van der Waals surface area contributed by atoms with E-state index in [2.05, 4.69) is 155 Å². The summed E-state index contributed by atoms with van der Waals surface area (Å²) in [5, 5.41) is 4.57. The third kappa shape index (κ3) is 5.82. The molecule has 1 aliphatic rings. The number of hydrogen-bond donors (Lipinski definition) is 1. The van der Waals surface area contributed by atoms with Crippen molar-refractivity contribution in [2.45, 2.75) is 83.2 Å². The molecule has 3 nitrogen and oxygen atoms in total. The largest absolute Gasteiger partial charge is 0.342 e. The average Bonchev–Trinajstić information content (AvgIpc) is 3.16. The summed E-state index contributed by atoms with van der Waals surface area (Å²) in [5.74, 6) is 7.23. The minimum absolute atomic E-state index is 0.0869. The number of nitrogens with zero attached hydrogens (tertiary/aromatic N) is 1. The van der Waals surface area contributed by atoms with Crippen LogP contribution in [0.15, 0.2) is 91.0 Å². The molecule has 0 saturated carbocycles. The quantitative estimate of drug-likeness (QED) is 0.215. The third-order valence-electron chi connectivity index (χ3n) is 9.44. The second-order valence-electron chi connectivity index (χ2n) is 12.2. The minimum Gasteiger partial charge on any atom is -0.342 e. The molecule has 1 aliphatic heterocycles. The van der Waals surface area contributed by atoms with E-state index in [1.807, 2.05) is 0 Å². The van der Waals surface area contributed by atoms with Crippen LogP contribution >= 0.6 is 0 Å². The van der Waals surface area contributed by atoms with Crippen molar-refractivity contribution in [1.29, 1.82) is 0 Å². The number of carbonyl (C=O) groups excluding carboxylic acids is 1. The van der Waals surface area contributed by atoms with Crippen molar-refractivity contribution < 1.29 is 4.79 Å². The van der Waals surface area contributed by atoms with Gasteiger partial charge in [0.15, 0.2) is 0 Å². The highest BCUT2D eigenvalue weighted by molar-refractivity contribution is 6.96. The summed E-state index contributed by atoms with van der Waals surface area (Å²) in [7, 11) is -2.27. The summed E-state index contributed by atoms with van der Waals surface area (Å²) in [6.45, 7) is 16.6. The second kappa shape index (κ2) is 13.0. The lowest BCUT2D eigenvalue weighted by Crippen LogP contribution is -2.65. The Morgan fingerprint density at radius 2 is 1.30 bits per heavy atom. The van der Waals surface area contributed by atoms with E-state index in [4.69, 9.17) is 0 Å². The Hall–Kier alpha value is -3.13. The van der Waals surface area contributed by atoms with Crippen molar-refractivity contribution in [2.24, 2.45) is 5.92 Å². The fourth-order valence-corrected chi connectivity index (χ4v) is 15.6. The number of rotatable bonds is 10. The summed E-state index contributed by atoms with van der Waals surface area (Å²) in [4.78, 5) is 15.8. The third-order valence-corrected chi connectivity index (χ3v) is 16.9. The highest BCUT2D eigenvalue weighted by atomic mass is 28.3. The van der Waals surface area contributed by atoms with Crippen LogP contribution < -0.4 is 10.5 Å². The van der Waals surface area contributed by atoms with E-state index in [1.165, 1.54) is 16.3 Å². The van der Waals surface area contributed by atoms with Gasteiger partial charge in [-0.15, -0.1) is 0 Å².